The van der Waals surface area contributed by atoms with Gasteiger partial charge < -0.3 is 0 Å². The van der Waals surface area contributed by atoms with Gasteiger partial charge in [-0.15, -0.1) is 24.0 Å². The molecule has 0 unspecified atom stereocenters. The van der Waals surface area contributed by atoms with E-state index in [4.69, 9.17) is 5.26 Å². The quantitative estimate of drug-likeness (QED) is 0.623. The lowest BCUT2D eigenvalue weighted by Gasteiger charge is -1.99. The van der Waals surface area contributed by atoms with Gasteiger partial charge in [-0.1, -0.05) is 0 Å². The average molecular weight is 331 g/mol. The maximum absolute atomic E-state index is 8.63. The first-order chi connectivity index (χ1) is 6.72. The van der Waals surface area contributed by atoms with Gasteiger partial charge in [0.25, 0.3) is 0 Å². The van der Waals surface area contributed by atoms with Crippen LogP contribution in [0.15, 0.2) is 22.4 Å². The minimum absolute atomic E-state index is 0.467. The predicted octanol–water partition coefficient (Wildman–Crippen LogP) is 3.86. The molecular formula is C10H6INS2. The van der Waals surface area contributed by atoms with Gasteiger partial charge in [0.1, 0.15) is 0 Å². The SMILES string of the molecule is N#CCc1cc(I)c2scc(S)c2c1. The minimum Gasteiger partial charge on any atom is -0.198 e. The first kappa shape index (κ1) is 10.3. The van der Waals surface area contributed by atoms with E-state index in [1.807, 2.05) is 5.38 Å². The Morgan fingerprint density at radius 1 is 1.50 bits per heavy atom. The zero-order chi connectivity index (χ0) is 10.1. The maximum Gasteiger partial charge on any atom is 0.0669 e. The summed E-state index contributed by atoms with van der Waals surface area (Å²) < 4.78 is 2.47. The Kier molecular flexibility index (Phi) is 3.00. The second kappa shape index (κ2) is 4.09. The zero-order valence-corrected chi connectivity index (χ0v) is 11.0. The number of benzene rings is 1. The van der Waals surface area contributed by atoms with Gasteiger partial charge in [-0.2, -0.15) is 5.26 Å². The van der Waals surface area contributed by atoms with Crippen LogP contribution in [0.2, 0.25) is 0 Å². The third-order valence-electron chi connectivity index (χ3n) is 1.95. The summed E-state index contributed by atoms with van der Waals surface area (Å²) in [5.74, 6) is 0. The fraction of sp³-hybridized carbons (Fsp3) is 0.100. The second-order valence-electron chi connectivity index (χ2n) is 2.91. The van der Waals surface area contributed by atoms with Crippen molar-refractivity contribution >= 4 is 56.6 Å². The Morgan fingerprint density at radius 2 is 2.29 bits per heavy atom. The van der Waals surface area contributed by atoms with E-state index in [9.17, 15) is 0 Å². The number of halogens is 1. The van der Waals surface area contributed by atoms with Gasteiger partial charge in [-0.25, -0.2) is 0 Å². The van der Waals surface area contributed by atoms with E-state index in [1.54, 1.807) is 11.3 Å². The van der Waals surface area contributed by atoms with Crippen molar-refractivity contribution in [3.63, 3.8) is 0 Å². The van der Waals surface area contributed by atoms with Crippen molar-refractivity contribution in [3.8, 4) is 6.07 Å². The molecule has 0 aliphatic heterocycles. The van der Waals surface area contributed by atoms with Crippen molar-refractivity contribution in [2.24, 2.45) is 0 Å². The van der Waals surface area contributed by atoms with Crippen molar-refractivity contribution in [1.82, 2.24) is 0 Å². The third kappa shape index (κ3) is 1.76. The highest BCUT2D eigenvalue weighted by Gasteiger charge is 2.06. The number of hydrogen-bond acceptors (Lipinski definition) is 3. The van der Waals surface area contributed by atoms with E-state index in [0.29, 0.717) is 6.42 Å². The second-order valence-corrected chi connectivity index (χ2v) is 5.43. The smallest absolute Gasteiger partial charge is 0.0669 e. The fourth-order valence-electron chi connectivity index (χ4n) is 1.33. The summed E-state index contributed by atoms with van der Waals surface area (Å²) in [4.78, 5) is 1.00. The topological polar surface area (TPSA) is 23.8 Å². The van der Waals surface area contributed by atoms with Crippen LogP contribution in [-0.2, 0) is 6.42 Å². The van der Waals surface area contributed by atoms with Crippen molar-refractivity contribution < 1.29 is 0 Å². The van der Waals surface area contributed by atoms with Crippen molar-refractivity contribution in [1.29, 1.82) is 5.26 Å². The van der Waals surface area contributed by atoms with Crippen LogP contribution < -0.4 is 0 Å². The summed E-state index contributed by atoms with van der Waals surface area (Å²) in [6.07, 6.45) is 0.467. The molecular weight excluding hydrogens is 325 g/mol. The molecule has 0 spiro atoms. The zero-order valence-electron chi connectivity index (χ0n) is 7.12. The van der Waals surface area contributed by atoms with Crippen molar-refractivity contribution in [3.05, 3.63) is 26.6 Å². The summed E-state index contributed by atoms with van der Waals surface area (Å²) in [5, 5.41) is 11.8. The molecule has 0 amide bonds. The van der Waals surface area contributed by atoms with Crippen molar-refractivity contribution in [2.45, 2.75) is 11.3 Å². The highest BCUT2D eigenvalue weighted by atomic mass is 127. The van der Waals surface area contributed by atoms with Crippen LogP contribution in [-0.4, -0.2) is 0 Å². The van der Waals surface area contributed by atoms with Gasteiger partial charge in [0.05, 0.1) is 12.5 Å². The number of thiophene rings is 1. The molecule has 0 fully saturated rings. The van der Waals surface area contributed by atoms with Crippen LogP contribution in [0.3, 0.4) is 0 Å². The number of fused-ring (bicyclic) bond motifs is 1. The van der Waals surface area contributed by atoms with Crippen LogP contribution in [0, 0.1) is 14.9 Å². The molecule has 1 nitrogen and oxygen atoms in total. The number of nitriles is 1. The molecule has 1 aromatic heterocycles. The first-order valence-electron chi connectivity index (χ1n) is 3.98. The Balaban J connectivity index is 2.70. The summed E-state index contributed by atoms with van der Waals surface area (Å²) >= 11 is 8.39. The molecule has 0 aliphatic rings. The minimum atomic E-state index is 0.467. The normalized spacial score (nSPS) is 10.4. The summed E-state index contributed by atoms with van der Waals surface area (Å²) in [5.41, 5.74) is 1.07. The Hall–Kier alpha value is -0.250. The lowest BCUT2D eigenvalue weighted by molar-refractivity contribution is 1.27. The van der Waals surface area contributed by atoms with Gasteiger partial charge in [-0.3, -0.25) is 0 Å². The molecule has 14 heavy (non-hydrogen) atoms. The molecule has 0 atom stereocenters. The Labute approximate surface area is 105 Å². The first-order valence-corrected chi connectivity index (χ1v) is 6.38. The molecule has 1 aromatic carbocycles. The molecule has 0 bridgehead atoms. The van der Waals surface area contributed by atoms with E-state index < -0.39 is 0 Å². The van der Waals surface area contributed by atoms with Gasteiger partial charge in [0.2, 0.25) is 0 Å². The van der Waals surface area contributed by atoms with Gasteiger partial charge in [0.15, 0.2) is 0 Å². The number of thiol groups is 1. The van der Waals surface area contributed by atoms with E-state index >= 15 is 0 Å². The van der Waals surface area contributed by atoms with Gasteiger partial charge in [0, 0.05) is 23.9 Å². The lowest BCUT2D eigenvalue weighted by Crippen LogP contribution is -1.83. The summed E-state index contributed by atoms with van der Waals surface area (Å²) in [6.45, 7) is 0. The molecule has 4 heteroatoms. The molecule has 2 aromatic rings. The van der Waals surface area contributed by atoms with Crippen LogP contribution in [0.1, 0.15) is 5.56 Å². The maximum atomic E-state index is 8.63. The number of rotatable bonds is 1. The highest BCUT2D eigenvalue weighted by Crippen LogP contribution is 2.33. The molecule has 0 radical (unpaired) electrons. The molecule has 0 N–H and O–H groups in total. The summed E-state index contributed by atoms with van der Waals surface area (Å²) in [6, 6.07) is 6.28. The van der Waals surface area contributed by atoms with E-state index in [2.05, 4.69) is 53.4 Å². The van der Waals surface area contributed by atoms with Crippen molar-refractivity contribution in [2.75, 3.05) is 0 Å². The van der Waals surface area contributed by atoms with Gasteiger partial charge in [-0.05, 0) is 40.3 Å². The highest BCUT2D eigenvalue weighted by molar-refractivity contribution is 14.1. The third-order valence-corrected chi connectivity index (χ3v) is 4.74. The summed E-state index contributed by atoms with van der Waals surface area (Å²) in [7, 11) is 0. The molecule has 0 saturated heterocycles. The predicted molar refractivity (Wildman–Crippen MR) is 71.1 cm³/mol. The van der Waals surface area contributed by atoms with Crippen LogP contribution >= 0.6 is 46.6 Å². The lowest BCUT2D eigenvalue weighted by atomic mass is 10.1. The Morgan fingerprint density at radius 3 is 3.00 bits per heavy atom. The average Bonchev–Trinajstić information content (AvgIpc) is 2.49. The molecule has 0 aliphatic carbocycles. The standard InChI is InChI=1S/C10H6INS2/c11-8-4-6(1-2-12)3-7-9(13)5-14-10(7)8/h3-5,13H,1H2. The van der Waals surface area contributed by atoms with Crippen LogP contribution in [0.4, 0.5) is 0 Å². The van der Waals surface area contributed by atoms with E-state index in [0.717, 1.165) is 15.8 Å². The fourth-order valence-corrected chi connectivity index (χ4v) is 3.64. The molecule has 0 saturated carbocycles. The molecule has 2 rings (SSSR count). The molecule has 70 valence electrons. The monoisotopic (exact) mass is 331 g/mol. The van der Waals surface area contributed by atoms with E-state index in [-0.39, 0.29) is 0 Å². The van der Waals surface area contributed by atoms with Gasteiger partial charge >= 0.3 is 0 Å². The molecule has 1 heterocycles. The van der Waals surface area contributed by atoms with Crippen LogP contribution in [0.5, 0.6) is 0 Å². The Bertz CT molecular complexity index is 525. The van der Waals surface area contributed by atoms with E-state index in [1.165, 1.54) is 8.27 Å². The number of hydrogen-bond donors (Lipinski definition) is 1. The van der Waals surface area contributed by atoms with Crippen LogP contribution in [0.25, 0.3) is 10.1 Å². The largest absolute Gasteiger partial charge is 0.198 e. The number of nitrogens with zero attached hydrogens (tertiary/aromatic N) is 1.